The molecule has 1 fully saturated rings. The summed E-state index contributed by atoms with van der Waals surface area (Å²) in [6.45, 7) is 3.69. The highest BCUT2D eigenvalue weighted by Crippen LogP contribution is 2.27. The third-order valence-electron chi connectivity index (χ3n) is 3.90. The number of carbonyl (C=O) groups is 1. The van der Waals surface area contributed by atoms with Crippen molar-refractivity contribution in [1.82, 2.24) is 5.32 Å². The Kier molecular flexibility index (Phi) is 4.00. The van der Waals surface area contributed by atoms with Gasteiger partial charge in [-0.2, -0.15) is 0 Å². The zero-order valence-corrected chi connectivity index (χ0v) is 11.0. The average molecular weight is 249 g/mol. The average Bonchev–Trinajstić information content (AvgIpc) is 2.86. The lowest BCUT2D eigenvalue weighted by molar-refractivity contribution is 0.0923. The summed E-state index contributed by atoms with van der Waals surface area (Å²) < 4.78 is 13.8. The van der Waals surface area contributed by atoms with Crippen LogP contribution in [0.4, 0.5) is 4.39 Å². The first-order valence-corrected chi connectivity index (χ1v) is 6.65. The van der Waals surface area contributed by atoms with Gasteiger partial charge in [0, 0.05) is 6.04 Å². The maximum atomic E-state index is 13.8. The van der Waals surface area contributed by atoms with Crippen LogP contribution in [0.5, 0.6) is 0 Å². The molecule has 1 N–H and O–H groups in total. The molecule has 0 aliphatic heterocycles. The van der Waals surface area contributed by atoms with Crippen molar-refractivity contribution in [3.63, 3.8) is 0 Å². The minimum atomic E-state index is -0.409. The monoisotopic (exact) mass is 249 g/mol. The summed E-state index contributed by atoms with van der Waals surface area (Å²) in [6, 6.07) is 5.05. The fourth-order valence-electron chi connectivity index (χ4n) is 2.68. The molecular formula is C15H20FNO. The third-order valence-corrected chi connectivity index (χ3v) is 3.90. The van der Waals surface area contributed by atoms with Crippen molar-refractivity contribution < 1.29 is 9.18 Å². The van der Waals surface area contributed by atoms with E-state index in [4.69, 9.17) is 0 Å². The molecule has 1 unspecified atom stereocenters. The van der Waals surface area contributed by atoms with Crippen molar-refractivity contribution >= 4 is 5.91 Å². The summed E-state index contributed by atoms with van der Waals surface area (Å²) in [5.74, 6) is -0.161. The van der Waals surface area contributed by atoms with Crippen LogP contribution >= 0.6 is 0 Å². The lowest BCUT2D eigenvalue weighted by Crippen LogP contribution is -2.37. The maximum absolute atomic E-state index is 13.8. The van der Waals surface area contributed by atoms with Gasteiger partial charge in [0.1, 0.15) is 5.82 Å². The lowest BCUT2D eigenvalue weighted by atomic mass is 9.99. The fourth-order valence-corrected chi connectivity index (χ4v) is 2.68. The first kappa shape index (κ1) is 13.1. The molecule has 0 heterocycles. The zero-order chi connectivity index (χ0) is 13.1. The van der Waals surface area contributed by atoms with Crippen LogP contribution in [0.15, 0.2) is 18.2 Å². The molecular weight excluding hydrogens is 229 g/mol. The van der Waals surface area contributed by atoms with E-state index in [1.807, 2.05) is 6.92 Å². The molecule has 0 bridgehead atoms. The Morgan fingerprint density at radius 3 is 2.72 bits per heavy atom. The molecule has 2 nitrogen and oxygen atoms in total. The maximum Gasteiger partial charge on any atom is 0.254 e. The molecule has 0 aromatic heterocycles. The first-order chi connectivity index (χ1) is 8.59. The molecule has 2 rings (SSSR count). The number of hydrogen-bond acceptors (Lipinski definition) is 1. The van der Waals surface area contributed by atoms with E-state index in [-0.39, 0.29) is 17.5 Å². The number of halogens is 1. The van der Waals surface area contributed by atoms with Crippen LogP contribution in [0, 0.1) is 18.7 Å². The van der Waals surface area contributed by atoms with Crippen LogP contribution in [-0.2, 0) is 0 Å². The van der Waals surface area contributed by atoms with Gasteiger partial charge in [0.25, 0.3) is 5.91 Å². The van der Waals surface area contributed by atoms with Crippen molar-refractivity contribution in [3.8, 4) is 0 Å². The van der Waals surface area contributed by atoms with E-state index in [9.17, 15) is 9.18 Å². The van der Waals surface area contributed by atoms with Crippen LogP contribution in [-0.4, -0.2) is 11.9 Å². The highest BCUT2D eigenvalue weighted by molar-refractivity contribution is 5.94. The van der Waals surface area contributed by atoms with E-state index in [1.165, 1.54) is 12.8 Å². The van der Waals surface area contributed by atoms with Gasteiger partial charge >= 0.3 is 0 Å². The Labute approximate surface area is 108 Å². The SMILES string of the molecule is Cc1cccc(C(=O)NC(C)C2CCCC2)c1F. The molecule has 3 heteroatoms. The van der Waals surface area contributed by atoms with Crippen LogP contribution in [0.25, 0.3) is 0 Å². The van der Waals surface area contributed by atoms with Gasteiger partial charge < -0.3 is 5.32 Å². The molecule has 0 saturated heterocycles. The smallest absolute Gasteiger partial charge is 0.254 e. The molecule has 1 saturated carbocycles. The van der Waals surface area contributed by atoms with Crippen molar-refractivity contribution in [3.05, 3.63) is 35.1 Å². The van der Waals surface area contributed by atoms with E-state index < -0.39 is 5.82 Å². The standard InChI is InChI=1S/C15H20FNO/c1-10-6-5-9-13(14(10)16)15(18)17-11(2)12-7-3-4-8-12/h5-6,9,11-12H,3-4,7-8H2,1-2H3,(H,17,18). The van der Waals surface area contributed by atoms with E-state index in [0.29, 0.717) is 11.5 Å². The Hall–Kier alpha value is -1.38. The highest BCUT2D eigenvalue weighted by atomic mass is 19.1. The minimum absolute atomic E-state index is 0.125. The highest BCUT2D eigenvalue weighted by Gasteiger charge is 2.24. The number of carbonyl (C=O) groups excluding carboxylic acids is 1. The van der Waals surface area contributed by atoms with Gasteiger partial charge in [0.15, 0.2) is 0 Å². The van der Waals surface area contributed by atoms with Gasteiger partial charge in [0.05, 0.1) is 5.56 Å². The summed E-state index contributed by atoms with van der Waals surface area (Å²) in [6.07, 6.45) is 4.81. The summed E-state index contributed by atoms with van der Waals surface area (Å²) in [5.41, 5.74) is 0.663. The Morgan fingerprint density at radius 1 is 1.39 bits per heavy atom. The second-order valence-electron chi connectivity index (χ2n) is 5.24. The van der Waals surface area contributed by atoms with E-state index >= 15 is 0 Å². The lowest BCUT2D eigenvalue weighted by Gasteiger charge is -2.20. The van der Waals surface area contributed by atoms with E-state index in [0.717, 1.165) is 12.8 Å². The molecule has 1 aliphatic carbocycles. The second-order valence-corrected chi connectivity index (χ2v) is 5.24. The Bertz CT molecular complexity index is 438. The van der Waals surface area contributed by atoms with Crippen molar-refractivity contribution in [1.29, 1.82) is 0 Å². The number of nitrogens with one attached hydrogen (secondary N) is 1. The normalized spacial score (nSPS) is 17.7. The number of amides is 1. The van der Waals surface area contributed by atoms with Gasteiger partial charge in [-0.15, -0.1) is 0 Å². The van der Waals surface area contributed by atoms with Gasteiger partial charge in [-0.1, -0.05) is 25.0 Å². The molecule has 1 aliphatic rings. The molecule has 1 atom stereocenters. The Balaban J connectivity index is 2.05. The summed E-state index contributed by atoms with van der Waals surface area (Å²) >= 11 is 0. The number of benzene rings is 1. The minimum Gasteiger partial charge on any atom is -0.349 e. The van der Waals surface area contributed by atoms with Gasteiger partial charge in [-0.05, 0) is 44.2 Å². The molecule has 0 radical (unpaired) electrons. The molecule has 1 aromatic carbocycles. The molecule has 0 spiro atoms. The summed E-state index contributed by atoms with van der Waals surface area (Å²) in [5, 5.41) is 2.93. The summed E-state index contributed by atoms with van der Waals surface area (Å²) in [4.78, 5) is 12.0. The van der Waals surface area contributed by atoms with Crippen LogP contribution < -0.4 is 5.32 Å². The quantitative estimate of drug-likeness (QED) is 0.873. The van der Waals surface area contributed by atoms with Gasteiger partial charge in [-0.25, -0.2) is 4.39 Å². The van der Waals surface area contributed by atoms with E-state index in [2.05, 4.69) is 5.32 Å². The van der Waals surface area contributed by atoms with E-state index in [1.54, 1.807) is 25.1 Å². The van der Waals surface area contributed by atoms with Crippen LogP contribution in [0.1, 0.15) is 48.5 Å². The van der Waals surface area contributed by atoms with Crippen molar-refractivity contribution in [2.24, 2.45) is 5.92 Å². The zero-order valence-electron chi connectivity index (χ0n) is 11.0. The topological polar surface area (TPSA) is 29.1 Å². The predicted molar refractivity (Wildman–Crippen MR) is 70.0 cm³/mol. The Morgan fingerprint density at radius 2 is 2.06 bits per heavy atom. The van der Waals surface area contributed by atoms with Crippen molar-refractivity contribution in [2.75, 3.05) is 0 Å². The molecule has 1 amide bonds. The molecule has 98 valence electrons. The van der Waals surface area contributed by atoms with Crippen LogP contribution in [0.2, 0.25) is 0 Å². The summed E-state index contributed by atoms with van der Waals surface area (Å²) in [7, 11) is 0. The largest absolute Gasteiger partial charge is 0.349 e. The van der Waals surface area contributed by atoms with Gasteiger partial charge in [0.2, 0.25) is 0 Å². The number of rotatable bonds is 3. The first-order valence-electron chi connectivity index (χ1n) is 6.65. The van der Waals surface area contributed by atoms with Crippen LogP contribution in [0.3, 0.4) is 0 Å². The third kappa shape index (κ3) is 2.71. The number of hydrogen-bond donors (Lipinski definition) is 1. The number of aryl methyl sites for hydroxylation is 1. The second kappa shape index (κ2) is 5.51. The molecule has 1 aromatic rings. The van der Waals surface area contributed by atoms with Gasteiger partial charge in [-0.3, -0.25) is 4.79 Å². The predicted octanol–water partition coefficient (Wildman–Crippen LogP) is 3.44. The van der Waals surface area contributed by atoms with Crippen molar-refractivity contribution in [2.45, 2.75) is 45.6 Å². The fraction of sp³-hybridized carbons (Fsp3) is 0.533. The molecule has 18 heavy (non-hydrogen) atoms.